The number of rotatable bonds is 2. The summed E-state index contributed by atoms with van der Waals surface area (Å²) in [5.41, 5.74) is 13.0. The highest BCUT2D eigenvalue weighted by molar-refractivity contribution is 6.09. The molecule has 1 aromatic heterocycles. The highest BCUT2D eigenvalue weighted by atomic mass is 15.0. The van der Waals surface area contributed by atoms with Crippen LogP contribution >= 0.6 is 0 Å². The van der Waals surface area contributed by atoms with E-state index in [0.717, 1.165) is 16.9 Å². The van der Waals surface area contributed by atoms with E-state index in [9.17, 15) is 0 Å². The van der Waals surface area contributed by atoms with Crippen LogP contribution in [-0.4, -0.2) is 4.57 Å². The highest BCUT2D eigenvalue weighted by Gasteiger charge is 2.13. The van der Waals surface area contributed by atoms with Crippen LogP contribution in [0.4, 0.5) is 5.69 Å². The van der Waals surface area contributed by atoms with Gasteiger partial charge in [0.1, 0.15) is 0 Å². The Hall–Kier alpha value is -4.04. The van der Waals surface area contributed by atoms with Gasteiger partial charge in [0.2, 0.25) is 0 Å². The summed E-state index contributed by atoms with van der Waals surface area (Å²) in [6.07, 6.45) is 0. The van der Waals surface area contributed by atoms with Crippen LogP contribution in [0.1, 0.15) is 0 Å². The zero-order valence-corrected chi connectivity index (χ0v) is 16.4. The largest absolute Gasteiger partial charge is 0.399 e. The number of benzene rings is 5. The van der Waals surface area contributed by atoms with E-state index in [1.165, 1.54) is 38.1 Å². The topological polar surface area (TPSA) is 30.9 Å². The maximum atomic E-state index is 6.42. The van der Waals surface area contributed by atoms with Crippen LogP contribution in [0.3, 0.4) is 0 Å². The summed E-state index contributed by atoms with van der Waals surface area (Å²) in [6, 6.07) is 38.4. The van der Waals surface area contributed by atoms with Crippen LogP contribution in [0.15, 0.2) is 109 Å². The van der Waals surface area contributed by atoms with Crippen LogP contribution < -0.4 is 5.73 Å². The molecule has 0 spiro atoms. The summed E-state index contributed by atoms with van der Waals surface area (Å²) >= 11 is 0. The van der Waals surface area contributed by atoms with E-state index in [-0.39, 0.29) is 0 Å². The molecule has 0 fully saturated rings. The Bertz CT molecular complexity index is 1500. The van der Waals surface area contributed by atoms with E-state index in [4.69, 9.17) is 5.73 Å². The monoisotopic (exact) mass is 384 g/mol. The molecule has 0 amide bonds. The molecule has 0 bridgehead atoms. The van der Waals surface area contributed by atoms with E-state index in [1.54, 1.807) is 0 Å². The average molecular weight is 384 g/mol. The summed E-state index contributed by atoms with van der Waals surface area (Å²) < 4.78 is 2.32. The lowest BCUT2D eigenvalue weighted by Gasteiger charge is -2.13. The van der Waals surface area contributed by atoms with E-state index in [0.29, 0.717) is 0 Å². The van der Waals surface area contributed by atoms with Gasteiger partial charge in [-0.2, -0.15) is 0 Å². The van der Waals surface area contributed by atoms with E-state index < -0.39 is 0 Å². The number of hydrogen-bond donors (Lipinski definition) is 1. The van der Waals surface area contributed by atoms with Crippen LogP contribution in [0.5, 0.6) is 0 Å². The Kier molecular flexibility index (Phi) is 3.65. The number of para-hydroxylation sites is 2. The van der Waals surface area contributed by atoms with Gasteiger partial charge in [-0.15, -0.1) is 0 Å². The number of fused-ring (bicyclic) bond motifs is 4. The molecule has 30 heavy (non-hydrogen) atoms. The standard InChI is InChI=1S/C28H20N2/c29-21-16-20(24-13-7-9-19-8-1-2-10-23(19)24)17-22(18-21)30-27-14-5-3-11-25(27)26-12-4-6-15-28(26)30/h1-18H,29H2. The minimum Gasteiger partial charge on any atom is -0.399 e. The number of nitrogens with two attached hydrogens (primary N) is 1. The zero-order chi connectivity index (χ0) is 20.1. The molecule has 5 aromatic carbocycles. The minimum atomic E-state index is 0.761. The predicted molar refractivity (Wildman–Crippen MR) is 128 cm³/mol. The number of hydrogen-bond acceptors (Lipinski definition) is 1. The lowest BCUT2D eigenvalue weighted by atomic mass is 9.97. The van der Waals surface area contributed by atoms with Gasteiger partial charge in [-0.05, 0) is 52.2 Å². The molecule has 0 unspecified atom stereocenters. The molecule has 0 saturated carbocycles. The van der Waals surface area contributed by atoms with Gasteiger partial charge >= 0.3 is 0 Å². The Morgan fingerprint density at radius 2 is 1.13 bits per heavy atom. The molecule has 6 rings (SSSR count). The van der Waals surface area contributed by atoms with Crippen molar-refractivity contribution in [1.82, 2.24) is 4.57 Å². The first-order valence-corrected chi connectivity index (χ1v) is 10.2. The molecule has 2 N–H and O–H groups in total. The zero-order valence-electron chi connectivity index (χ0n) is 16.4. The van der Waals surface area contributed by atoms with Gasteiger partial charge in [-0.1, -0.05) is 78.9 Å². The second-order valence-corrected chi connectivity index (χ2v) is 7.71. The number of nitrogens with zero attached hydrogens (tertiary/aromatic N) is 1. The van der Waals surface area contributed by atoms with Crippen molar-refractivity contribution in [3.05, 3.63) is 109 Å². The summed E-state index contributed by atoms with van der Waals surface area (Å²) in [4.78, 5) is 0. The highest BCUT2D eigenvalue weighted by Crippen LogP contribution is 2.35. The van der Waals surface area contributed by atoms with Gasteiger partial charge in [0.25, 0.3) is 0 Å². The lowest BCUT2D eigenvalue weighted by molar-refractivity contribution is 1.18. The van der Waals surface area contributed by atoms with Crippen molar-refractivity contribution in [2.75, 3.05) is 5.73 Å². The van der Waals surface area contributed by atoms with Crippen molar-refractivity contribution in [2.45, 2.75) is 0 Å². The third kappa shape index (κ3) is 2.51. The summed E-state index contributed by atoms with van der Waals surface area (Å²) in [6.45, 7) is 0. The fourth-order valence-electron chi connectivity index (χ4n) is 4.60. The molecule has 2 heteroatoms. The SMILES string of the molecule is Nc1cc(-c2cccc3ccccc23)cc(-n2c3ccccc3c3ccccc32)c1. The molecule has 0 radical (unpaired) electrons. The van der Waals surface area contributed by atoms with Gasteiger partial charge < -0.3 is 10.3 Å². The Morgan fingerprint density at radius 1 is 0.533 bits per heavy atom. The van der Waals surface area contributed by atoms with Crippen molar-refractivity contribution in [2.24, 2.45) is 0 Å². The van der Waals surface area contributed by atoms with E-state index in [2.05, 4.69) is 114 Å². The van der Waals surface area contributed by atoms with E-state index >= 15 is 0 Å². The maximum absolute atomic E-state index is 6.42. The van der Waals surface area contributed by atoms with Crippen molar-refractivity contribution in [3.8, 4) is 16.8 Å². The van der Waals surface area contributed by atoms with Gasteiger partial charge in [-0.25, -0.2) is 0 Å². The molecular weight excluding hydrogens is 364 g/mol. The van der Waals surface area contributed by atoms with Crippen molar-refractivity contribution in [1.29, 1.82) is 0 Å². The van der Waals surface area contributed by atoms with Crippen molar-refractivity contribution >= 4 is 38.3 Å². The second-order valence-electron chi connectivity index (χ2n) is 7.71. The first-order chi connectivity index (χ1) is 14.8. The van der Waals surface area contributed by atoms with E-state index in [1.807, 2.05) is 0 Å². The lowest BCUT2D eigenvalue weighted by Crippen LogP contribution is -1.97. The normalized spacial score (nSPS) is 11.5. The Balaban J connectivity index is 1.67. The van der Waals surface area contributed by atoms with Crippen molar-refractivity contribution in [3.63, 3.8) is 0 Å². The second kappa shape index (κ2) is 6.50. The number of anilines is 1. The van der Waals surface area contributed by atoms with Crippen LogP contribution in [0.25, 0.3) is 49.4 Å². The third-order valence-electron chi connectivity index (χ3n) is 5.88. The average Bonchev–Trinajstić information content (AvgIpc) is 3.13. The molecule has 142 valence electrons. The van der Waals surface area contributed by atoms with Gasteiger partial charge in [-0.3, -0.25) is 0 Å². The van der Waals surface area contributed by atoms with Gasteiger partial charge in [0, 0.05) is 22.1 Å². The fraction of sp³-hybridized carbons (Fsp3) is 0. The third-order valence-corrected chi connectivity index (χ3v) is 5.88. The predicted octanol–water partition coefficient (Wildman–Crippen LogP) is 7.19. The molecule has 2 nitrogen and oxygen atoms in total. The molecule has 0 atom stereocenters. The molecule has 0 aliphatic heterocycles. The van der Waals surface area contributed by atoms with Gasteiger partial charge in [0.05, 0.1) is 11.0 Å². The summed E-state index contributed by atoms with van der Waals surface area (Å²) in [7, 11) is 0. The first kappa shape index (κ1) is 16.9. The maximum Gasteiger partial charge on any atom is 0.0541 e. The molecule has 6 aromatic rings. The number of aromatic nitrogens is 1. The smallest absolute Gasteiger partial charge is 0.0541 e. The molecular formula is C28H20N2. The Labute approximate surface area is 174 Å². The minimum absolute atomic E-state index is 0.761. The molecule has 0 aliphatic carbocycles. The molecule has 0 aliphatic rings. The first-order valence-electron chi connectivity index (χ1n) is 10.2. The van der Waals surface area contributed by atoms with Gasteiger partial charge in [0.15, 0.2) is 0 Å². The Morgan fingerprint density at radius 3 is 1.87 bits per heavy atom. The quantitative estimate of drug-likeness (QED) is 0.315. The van der Waals surface area contributed by atoms with Crippen LogP contribution in [0, 0.1) is 0 Å². The van der Waals surface area contributed by atoms with Crippen LogP contribution in [0.2, 0.25) is 0 Å². The summed E-state index contributed by atoms with van der Waals surface area (Å²) in [5, 5.41) is 4.97. The van der Waals surface area contributed by atoms with Crippen LogP contribution in [-0.2, 0) is 0 Å². The molecule has 1 heterocycles. The van der Waals surface area contributed by atoms with Crippen molar-refractivity contribution < 1.29 is 0 Å². The summed E-state index contributed by atoms with van der Waals surface area (Å²) in [5.74, 6) is 0. The number of nitrogen functional groups attached to an aromatic ring is 1. The fourth-order valence-corrected chi connectivity index (χ4v) is 4.60. The molecule has 0 saturated heterocycles.